The second-order valence-corrected chi connectivity index (χ2v) is 5.02. The number of aromatic carboxylic acids is 1. The highest BCUT2D eigenvalue weighted by molar-refractivity contribution is 6.34. The third kappa shape index (κ3) is 4.25. The van der Waals surface area contributed by atoms with Gasteiger partial charge in [0, 0.05) is 0 Å². The largest absolute Gasteiger partial charge is 0.545 e. The summed E-state index contributed by atoms with van der Waals surface area (Å²) in [5.41, 5.74) is -0.410. The van der Waals surface area contributed by atoms with Crippen LogP contribution in [0.5, 0.6) is 0 Å². The molecule has 1 aromatic carbocycles. The second kappa shape index (κ2) is 5.27. The fraction of sp³-hybridized carbons (Fsp3) is 0.333. The maximum absolute atomic E-state index is 11.5. The number of nitrogens with one attached hydrogen (secondary N) is 1. The molecule has 0 aliphatic heterocycles. The molecule has 0 spiro atoms. The summed E-state index contributed by atoms with van der Waals surface area (Å²) in [6.07, 6.45) is -0.661. The van der Waals surface area contributed by atoms with Crippen molar-refractivity contribution < 1.29 is 19.4 Å². The number of halogens is 1. The van der Waals surface area contributed by atoms with Crippen molar-refractivity contribution in [2.24, 2.45) is 0 Å². The zero-order valence-electron chi connectivity index (χ0n) is 10.2. The third-order valence-corrected chi connectivity index (χ3v) is 2.15. The first-order valence-electron chi connectivity index (χ1n) is 5.20. The molecule has 18 heavy (non-hydrogen) atoms. The van der Waals surface area contributed by atoms with Crippen LogP contribution in [0.3, 0.4) is 0 Å². The molecule has 0 saturated carbocycles. The molecule has 5 nitrogen and oxygen atoms in total. The molecule has 0 radical (unpaired) electrons. The van der Waals surface area contributed by atoms with Gasteiger partial charge in [-0.1, -0.05) is 17.7 Å². The average molecular weight is 271 g/mol. The topological polar surface area (TPSA) is 78.5 Å². The van der Waals surface area contributed by atoms with Crippen LogP contribution in [0.1, 0.15) is 31.1 Å². The molecule has 98 valence electrons. The van der Waals surface area contributed by atoms with Crippen molar-refractivity contribution in [1.29, 1.82) is 0 Å². The maximum Gasteiger partial charge on any atom is 0.412 e. The normalized spacial score (nSPS) is 10.9. The highest BCUT2D eigenvalue weighted by Gasteiger charge is 2.17. The average Bonchev–Trinajstić information content (AvgIpc) is 2.17. The van der Waals surface area contributed by atoms with E-state index in [1.54, 1.807) is 20.8 Å². The van der Waals surface area contributed by atoms with Crippen LogP contribution in [0.2, 0.25) is 5.02 Å². The van der Waals surface area contributed by atoms with Crippen LogP contribution in [0, 0.1) is 0 Å². The van der Waals surface area contributed by atoms with Gasteiger partial charge in [0.1, 0.15) is 5.60 Å². The number of carbonyl (C=O) groups excluding carboxylic acids is 2. The lowest BCUT2D eigenvalue weighted by atomic mass is 10.2. The number of carbonyl (C=O) groups is 2. The smallest absolute Gasteiger partial charge is 0.412 e. The number of amides is 1. The molecular weight excluding hydrogens is 258 g/mol. The first-order chi connectivity index (χ1) is 8.19. The Morgan fingerprint density at radius 1 is 1.33 bits per heavy atom. The Hall–Kier alpha value is -1.75. The van der Waals surface area contributed by atoms with Gasteiger partial charge >= 0.3 is 6.09 Å². The van der Waals surface area contributed by atoms with E-state index in [4.69, 9.17) is 16.3 Å². The molecule has 1 amide bonds. The van der Waals surface area contributed by atoms with E-state index in [1.165, 1.54) is 18.2 Å². The SMILES string of the molecule is CC(C)(C)OC(=O)Nc1ccc(C(=O)[O-])cc1Cl. The Morgan fingerprint density at radius 2 is 1.94 bits per heavy atom. The van der Waals surface area contributed by atoms with Gasteiger partial charge in [0.25, 0.3) is 0 Å². The Labute approximate surface area is 110 Å². The third-order valence-electron chi connectivity index (χ3n) is 1.84. The first-order valence-corrected chi connectivity index (χ1v) is 5.58. The van der Waals surface area contributed by atoms with Gasteiger partial charge < -0.3 is 14.6 Å². The molecule has 1 rings (SSSR count). The Balaban J connectivity index is 2.80. The van der Waals surface area contributed by atoms with Crippen molar-refractivity contribution >= 4 is 29.4 Å². The van der Waals surface area contributed by atoms with Crippen LogP contribution in [0.15, 0.2) is 18.2 Å². The molecule has 1 aromatic rings. The van der Waals surface area contributed by atoms with Gasteiger partial charge in [-0.05, 0) is 38.5 Å². The van der Waals surface area contributed by atoms with Crippen LogP contribution in [0.25, 0.3) is 0 Å². The highest BCUT2D eigenvalue weighted by atomic mass is 35.5. The Bertz CT molecular complexity index is 479. The number of rotatable bonds is 2. The summed E-state index contributed by atoms with van der Waals surface area (Å²) in [5, 5.41) is 13.1. The van der Waals surface area contributed by atoms with E-state index in [0.717, 1.165) is 0 Å². The minimum atomic E-state index is -1.33. The van der Waals surface area contributed by atoms with Crippen molar-refractivity contribution in [2.45, 2.75) is 26.4 Å². The van der Waals surface area contributed by atoms with Crippen LogP contribution < -0.4 is 10.4 Å². The second-order valence-electron chi connectivity index (χ2n) is 4.61. The Kier molecular flexibility index (Phi) is 4.19. The predicted octanol–water partition coefficient (Wildman–Crippen LogP) is 2.05. The van der Waals surface area contributed by atoms with Gasteiger partial charge in [-0.3, -0.25) is 5.32 Å². The number of hydrogen-bond donors (Lipinski definition) is 1. The standard InChI is InChI=1S/C12H14ClNO4/c1-12(2,3)18-11(17)14-9-5-4-7(10(15)16)6-8(9)13/h4-6H,1-3H3,(H,14,17)(H,15,16)/p-1. The molecule has 0 aliphatic rings. The minimum absolute atomic E-state index is 0.0604. The van der Waals surface area contributed by atoms with Gasteiger partial charge in [-0.2, -0.15) is 0 Å². The number of carboxylic acids is 1. The van der Waals surface area contributed by atoms with E-state index in [2.05, 4.69) is 5.32 Å². The lowest BCUT2D eigenvalue weighted by Crippen LogP contribution is -2.27. The molecule has 0 heterocycles. The van der Waals surface area contributed by atoms with E-state index in [1.807, 2.05) is 0 Å². The quantitative estimate of drug-likeness (QED) is 0.892. The summed E-state index contributed by atoms with van der Waals surface area (Å²) < 4.78 is 5.04. The van der Waals surface area contributed by atoms with Crippen molar-refractivity contribution in [3.8, 4) is 0 Å². The number of benzene rings is 1. The molecule has 6 heteroatoms. The van der Waals surface area contributed by atoms with Crippen molar-refractivity contribution in [1.82, 2.24) is 0 Å². The van der Waals surface area contributed by atoms with Gasteiger partial charge in [0.15, 0.2) is 0 Å². The first kappa shape index (κ1) is 14.3. The van der Waals surface area contributed by atoms with Crippen LogP contribution in [-0.4, -0.2) is 17.7 Å². The summed E-state index contributed by atoms with van der Waals surface area (Å²) >= 11 is 5.83. The van der Waals surface area contributed by atoms with Crippen LogP contribution in [-0.2, 0) is 4.74 Å². The minimum Gasteiger partial charge on any atom is -0.545 e. The number of carboxylic acid groups (broad SMARTS) is 1. The zero-order chi connectivity index (χ0) is 13.9. The summed E-state index contributed by atoms with van der Waals surface area (Å²) in [6, 6.07) is 3.86. The van der Waals surface area contributed by atoms with E-state index in [-0.39, 0.29) is 16.3 Å². The molecule has 0 fully saturated rings. The van der Waals surface area contributed by atoms with Crippen molar-refractivity contribution in [3.63, 3.8) is 0 Å². The summed E-state index contributed by atoms with van der Waals surface area (Å²) in [5.74, 6) is -1.33. The lowest BCUT2D eigenvalue weighted by Gasteiger charge is -2.20. The molecule has 0 aliphatic carbocycles. The van der Waals surface area contributed by atoms with Crippen LogP contribution >= 0.6 is 11.6 Å². The van der Waals surface area contributed by atoms with E-state index in [9.17, 15) is 14.7 Å². The fourth-order valence-corrected chi connectivity index (χ4v) is 1.38. The molecule has 0 saturated heterocycles. The molecule has 0 bridgehead atoms. The molecular formula is C12H13ClNO4-. The summed E-state index contributed by atoms with van der Waals surface area (Å²) in [6.45, 7) is 5.19. The molecule has 0 atom stereocenters. The number of anilines is 1. The van der Waals surface area contributed by atoms with E-state index < -0.39 is 17.7 Å². The molecule has 0 unspecified atom stereocenters. The van der Waals surface area contributed by atoms with Crippen molar-refractivity contribution in [2.75, 3.05) is 5.32 Å². The van der Waals surface area contributed by atoms with Crippen molar-refractivity contribution in [3.05, 3.63) is 28.8 Å². The predicted molar refractivity (Wildman–Crippen MR) is 65.6 cm³/mol. The monoisotopic (exact) mass is 270 g/mol. The Morgan fingerprint density at radius 3 is 2.39 bits per heavy atom. The summed E-state index contributed by atoms with van der Waals surface area (Å²) in [4.78, 5) is 22.1. The highest BCUT2D eigenvalue weighted by Crippen LogP contribution is 2.23. The van der Waals surface area contributed by atoms with Crippen LogP contribution in [0.4, 0.5) is 10.5 Å². The molecule has 1 N–H and O–H groups in total. The van der Waals surface area contributed by atoms with Gasteiger partial charge in [-0.25, -0.2) is 4.79 Å². The van der Waals surface area contributed by atoms with Gasteiger partial charge in [0.2, 0.25) is 0 Å². The van der Waals surface area contributed by atoms with Gasteiger partial charge in [-0.15, -0.1) is 0 Å². The fourth-order valence-electron chi connectivity index (χ4n) is 1.16. The lowest BCUT2D eigenvalue weighted by molar-refractivity contribution is -0.255. The van der Waals surface area contributed by atoms with E-state index in [0.29, 0.717) is 0 Å². The number of hydrogen-bond acceptors (Lipinski definition) is 4. The number of ether oxygens (including phenoxy) is 1. The van der Waals surface area contributed by atoms with E-state index >= 15 is 0 Å². The molecule has 0 aromatic heterocycles. The maximum atomic E-state index is 11.5. The zero-order valence-corrected chi connectivity index (χ0v) is 11.0. The van der Waals surface area contributed by atoms with Gasteiger partial charge in [0.05, 0.1) is 16.7 Å². The summed E-state index contributed by atoms with van der Waals surface area (Å²) in [7, 11) is 0.